The van der Waals surface area contributed by atoms with Gasteiger partial charge < -0.3 is 15.2 Å². The Kier molecular flexibility index (Phi) is 5.10. The van der Waals surface area contributed by atoms with Crippen molar-refractivity contribution in [3.63, 3.8) is 0 Å². The average molecular weight is 303 g/mol. The maximum absolute atomic E-state index is 10.2. The molecule has 2 aromatic rings. The lowest BCUT2D eigenvalue weighted by Gasteiger charge is -2.20. The SMILES string of the molecule is OCCCN1CCN(Cc2cc3ccccc3[nH]2)C[C@H](O)C1. The number of β-amino-alcohol motifs (C(OH)–C–C–N with tert-alkyl or cyclic N) is 1. The van der Waals surface area contributed by atoms with E-state index in [4.69, 9.17) is 5.11 Å². The maximum atomic E-state index is 10.2. The number of hydrogen-bond donors (Lipinski definition) is 3. The number of aromatic amines is 1. The Bertz CT molecular complexity index is 565. The van der Waals surface area contributed by atoms with Crippen LogP contribution in [-0.2, 0) is 6.54 Å². The molecule has 1 aliphatic rings. The predicted octanol–water partition coefficient (Wildman–Crippen LogP) is 1.03. The Labute approximate surface area is 131 Å². The molecule has 1 fully saturated rings. The molecular formula is C17H25N3O2. The van der Waals surface area contributed by atoms with Crippen LogP contribution in [0.15, 0.2) is 30.3 Å². The molecule has 1 saturated heterocycles. The third kappa shape index (κ3) is 3.87. The highest BCUT2D eigenvalue weighted by Gasteiger charge is 2.21. The van der Waals surface area contributed by atoms with E-state index < -0.39 is 0 Å². The highest BCUT2D eigenvalue weighted by molar-refractivity contribution is 5.80. The minimum absolute atomic E-state index is 0.214. The summed E-state index contributed by atoms with van der Waals surface area (Å²) < 4.78 is 0. The van der Waals surface area contributed by atoms with Crippen LogP contribution >= 0.6 is 0 Å². The summed E-state index contributed by atoms with van der Waals surface area (Å²) in [5, 5.41) is 20.4. The molecule has 120 valence electrons. The van der Waals surface area contributed by atoms with Gasteiger partial charge in [-0.15, -0.1) is 0 Å². The summed E-state index contributed by atoms with van der Waals surface area (Å²) in [6, 6.07) is 10.5. The van der Waals surface area contributed by atoms with Crippen molar-refractivity contribution in [1.29, 1.82) is 0 Å². The van der Waals surface area contributed by atoms with Crippen molar-refractivity contribution in [3.05, 3.63) is 36.0 Å². The Balaban J connectivity index is 1.62. The second-order valence-corrected chi connectivity index (χ2v) is 6.15. The van der Waals surface area contributed by atoms with Crippen molar-refractivity contribution in [2.45, 2.75) is 19.1 Å². The fraction of sp³-hybridized carbons (Fsp3) is 0.529. The molecule has 0 unspecified atom stereocenters. The molecule has 0 spiro atoms. The van der Waals surface area contributed by atoms with Gasteiger partial charge in [-0.25, -0.2) is 0 Å². The van der Waals surface area contributed by atoms with Gasteiger partial charge in [0.15, 0.2) is 0 Å². The Morgan fingerprint density at radius 1 is 1.14 bits per heavy atom. The van der Waals surface area contributed by atoms with E-state index in [2.05, 4.69) is 39.0 Å². The fourth-order valence-corrected chi connectivity index (χ4v) is 3.22. The molecule has 1 aliphatic heterocycles. The summed E-state index contributed by atoms with van der Waals surface area (Å²) in [6.45, 7) is 5.18. The van der Waals surface area contributed by atoms with E-state index in [0.717, 1.165) is 38.1 Å². The molecule has 5 nitrogen and oxygen atoms in total. The second-order valence-electron chi connectivity index (χ2n) is 6.15. The van der Waals surface area contributed by atoms with E-state index >= 15 is 0 Å². The smallest absolute Gasteiger partial charge is 0.0793 e. The molecule has 1 aromatic carbocycles. The minimum atomic E-state index is -0.328. The van der Waals surface area contributed by atoms with Gasteiger partial charge in [0.05, 0.1) is 6.10 Å². The summed E-state index contributed by atoms with van der Waals surface area (Å²) in [6.07, 6.45) is 0.444. The summed E-state index contributed by atoms with van der Waals surface area (Å²) in [5.74, 6) is 0. The van der Waals surface area contributed by atoms with Crippen LogP contribution in [0.1, 0.15) is 12.1 Å². The number of aliphatic hydroxyl groups is 2. The topological polar surface area (TPSA) is 62.7 Å². The lowest BCUT2D eigenvalue weighted by Crippen LogP contribution is -2.34. The van der Waals surface area contributed by atoms with Gasteiger partial charge >= 0.3 is 0 Å². The minimum Gasteiger partial charge on any atom is -0.396 e. The van der Waals surface area contributed by atoms with Gasteiger partial charge in [-0.1, -0.05) is 18.2 Å². The van der Waals surface area contributed by atoms with Gasteiger partial charge in [-0.2, -0.15) is 0 Å². The standard InChI is InChI=1S/C17H25N3O2/c21-9-3-6-19-7-8-20(13-16(22)12-19)11-15-10-14-4-1-2-5-17(14)18-15/h1-2,4-5,10,16,18,21-22H,3,6-9,11-13H2/t16-/m1/s1. The molecule has 1 atom stereocenters. The van der Waals surface area contributed by atoms with Crippen molar-refractivity contribution in [2.24, 2.45) is 0 Å². The van der Waals surface area contributed by atoms with Crippen LogP contribution in [0.5, 0.6) is 0 Å². The van der Waals surface area contributed by atoms with E-state index in [1.807, 2.05) is 6.07 Å². The first-order valence-corrected chi connectivity index (χ1v) is 8.05. The first-order chi connectivity index (χ1) is 10.7. The fourth-order valence-electron chi connectivity index (χ4n) is 3.22. The van der Waals surface area contributed by atoms with E-state index in [1.54, 1.807) is 0 Å². The number of benzene rings is 1. The van der Waals surface area contributed by atoms with Crippen LogP contribution in [-0.4, -0.2) is 70.4 Å². The summed E-state index contributed by atoms with van der Waals surface area (Å²) >= 11 is 0. The third-order valence-corrected chi connectivity index (χ3v) is 4.28. The van der Waals surface area contributed by atoms with Crippen molar-refractivity contribution in [1.82, 2.24) is 14.8 Å². The molecule has 0 radical (unpaired) electrons. The quantitative estimate of drug-likeness (QED) is 0.772. The molecular weight excluding hydrogens is 278 g/mol. The van der Waals surface area contributed by atoms with Crippen molar-refractivity contribution in [2.75, 3.05) is 39.3 Å². The van der Waals surface area contributed by atoms with Crippen LogP contribution in [0.3, 0.4) is 0 Å². The van der Waals surface area contributed by atoms with Crippen LogP contribution in [0.2, 0.25) is 0 Å². The molecule has 5 heteroatoms. The Hall–Kier alpha value is -1.40. The monoisotopic (exact) mass is 303 g/mol. The summed E-state index contributed by atoms with van der Waals surface area (Å²) in [5.41, 5.74) is 2.36. The number of rotatable bonds is 5. The zero-order valence-electron chi connectivity index (χ0n) is 12.9. The first kappa shape index (κ1) is 15.5. The van der Waals surface area contributed by atoms with Gasteiger partial charge in [0.2, 0.25) is 0 Å². The zero-order chi connectivity index (χ0) is 15.4. The molecule has 0 aliphatic carbocycles. The van der Waals surface area contributed by atoms with Crippen molar-refractivity contribution < 1.29 is 10.2 Å². The van der Waals surface area contributed by atoms with Crippen LogP contribution < -0.4 is 0 Å². The maximum Gasteiger partial charge on any atom is 0.0793 e. The van der Waals surface area contributed by atoms with E-state index in [-0.39, 0.29) is 12.7 Å². The third-order valence-electron chi connectivity index (χ3n) is 4.28. The van der Waals surface area contributed by atoms with Crippen molar-refractivity contribution >= 4 is 10.9 Å². The number of aliphatic hydroxyl groups excluding tert-OH is 2. The molecule has 1 aromatic heterocycles. The number of aromatic nitrogens is 1. The Morgan fingerprint density at radius 3 is 2.73 bits per heavy atom. The number of nitrogens with one attached hydrogen (secondary N) is 1. The molecule has 0 bridgehead atoms. The zero-order valence-corrected chi connectivity index (χ0v) is 12.9. The molecule has 3 N–H and O–H groups in total. The predicted molar refractivity (Wildman–Crippen MR) is 87.7 cm³/mol. The number of hydrogen-bond acceptors (Lipinski definition) is 4. The number of fused-ring (bicyclic) bond motifs is 1. The highest BCUT2D eigenvalue weighted by atomic mass is 16.3. The van der Waals surface area contributed by atoms with Gasteiger partial charge in [-0.3, -0.25) is 9.80 Å². The van der Waals surface area contributed by atoms with Crippen LogP contribution in [0.4, 0.5) is 0 Å². The number of H-pyrrole nitrogens is 1. The summed E-state index contributed by atoms with van der Waals surface area (Å²) in [4.78, 5) is 8.00. The van der Waals surface area contributed by atoms with Gasteiger partial charge in [-0.05, 0) is 23.9 Å². The van der Waals surface area contributed by atoms with Crippen molar-refractivity contribution in [3.8, 4) is 0 Å². The van der Waals surface area contributed by atoms with E-state index in [0.29, 0.717) is 13.1 Å². The number of para-hydroxylation sites is 1. The van der Waals surface area contributed by atoms with Gasteiger partial charge in [0, 0.05) is 57.1 Å². The largest absolute Gasteiger partial charge is 0.396 e. The molecule has 22 heavy (non-hydrogen) atoms. The second kappa shape index (κ2) is 7.24. The van der Waals surface area contributed by atoms with Gasteiger partial charge in [0.25, 0.3) is 0 Å². The molecule has 0 saturated carbocycles. The van der Waals surface area contributed by atoms with E-state index in [1.165, 1.54) is 11.1 Å². The van der Waals surface area contributed by atoms with Crippen LogP contribution in [0.25, 0.3) is 10.9 Å². The average Bonchev–Trinajstić information content (AvgIpc) is 2.82. The highest BCUT2D eigenvalue weighted by Crippen LogP contribution is 2.17. The normalized spacial score (nSPS) is 21.3. The first-order valence-electron chi connectivity index (χ1n) is 8.05. The lowest BCUT2D eigenvalue weighted by molar-refractivity contribution is 0.105. The van der Waals surface area contributed by atoms with Crippen LogP contribution in [0, 0.1) is 0 Å². The van der Waals surface area contributed by atoms with E-state index in [9.17, 15) is 5.11 Å². The molecule has 2 heterocycles. The van der Waals surface area contributed by atoms with Gasteiger partial charge in [0.1, 0.15) is 0 Å². The number of nitrogens with zero attached hydrogens (tertiary/aromatic N) is 2. The molecule has 3 rings (SSSR count). The molecule has 0 amide bonds. The lowest BCUT2D eigenvalue weighted by atomic mass is 10.2. The Morgan fingerprint density at radius 2 is 1.91 bits per heavy atom. The summed E-state index contributed by atoms with van der Waals surface area (Å²) in [7, 11) is 0.